The van der Waals surface area contributed by atoms with Crippen molar-refractivity contribution in [3.63, 3.8) is 0 Å². The number of hydrogen-bond donors (Lipinski definition) is 0. The van der Waals surface area contributed by atoms with Crippen LogP contribution in [0.5, 0.6) is 0 Å². The molecule has 0 bridgehead atoms. The van der Waals surface area contributed by atoms with Crippen LogP contribution in [0.4, 0.5) is 4.39 Å². The van der Waals surface area contributed by atoms with Crippen LogP contribution in [0.3, 0.4) is 0 Å². The molecule has 1 amide bonds. The van der Waals surface area contributed by atoms with E-state index in [-0.39, 0.29) is 23.1 Å². The SMILES string of the molecule is CCCN(C(=O)c1ccc(Br)cc1F)C1CCS(=O)(=O)C1. The van der Waals surface area contributed by atoms with Crippen LogP contribution in [0.25, 0.3) is 0 Å². The van der Waals surface area contributed by atoms with E-state index in [1.54, 1.807) is 6.07 Å². The molecule has 1 aromatic carbocycles. The number of sulfone groups is 1. The van der Waals surface area contributed by atoms with Crippen molar-refractivity contribution < 1.29 is 17.6 Å². The highest BCUT2D eigenvalue weighted by Crippen LogP contribution is 2.22. The smallest absolute Gasteiger partial charge is 0.257 e. The zero-order valence-corrected chi connectivity index (χ0v) is 14.1. The predicted octanol–water partition coefficient (Wildman–Crippen LogP) is 2.63. The van der Waals surface area contributed by atoms with E-state index in [9.17, 15) is 17.6 Å². The molecule has 1 aliphatic heterocycles. The Morgan fingerprint density at radius 3 is 2.71 bits per heavy atom. The highest BCUT2D eigenvalue weighted by molar-refractivity contribution is 9.10. The molecule has 0 aliphatic carbocycles. The van der Waals surface area contributed by atoms with Gasteiger partial charge in [-0.25, -0.2) is 12.8 Å². The summed E-state index contributed by atoms with van der Waals surface area (Å²) in [5.74, 6) is -0.981. The average Bonchev–Trinajstić information content (AvgIpc) is 2.75. The van der Waals surface area contributed by atoms with E-state index >= 15 is 0 Å². The number of carbonyl (C=O) groups is 1. The first-order valence-corrected chi connectivity index (χ1v) is 9.42. The number of halogens is 2. The van der Waals surface area contributed by atoms with E-state index < -0.39 is 21.6 Å². The second-order valence-electron chi connectivity index (χ2n) is 5.18. The van der Waals surface area contributed by atoms with Crippen molar-refractivity contribution in [3.8, 4) is 0 Å². The summed E-state index contributed by atoms with van der Waals surface area (Å²) in [5, 5.41) is 0. The number of amides is 1. The number of nitrogens with zero attached hydrogens (tertiary/aromatic N) is 1. The molecule has 7 heteroatoms. The number of carbonyl (C=O) groups excluding carboxylic acids is 1. The van der Waals surface area contributed by atoms with Crippen LogP contribution in [0.15, 0.2) is 22.7 Å². The molecule has 1 fully saturated rings. The van der Waals surface area contributed by atoms with Crippen LogP contribution in [0.1, 0.15) is 30.1 Å². The molecular formula is C14H17BrFNO3S. The topological polar surface area (TPSA) is 54.5 Å². The number of benzene rings is 1. The maximum absolute atomic E-state index is 13.9. The zero-order chi connectivity index (χ0) is 15.6. The minimum atomic E-state index is -3.09. The van der Waals surface area contributed by atoms with Gasteiger partial charge in [-0.1, -0.05) is 22.9 Å². The number of hydrogen-bond acceptors (Lipinski definition) is 3. The summed E-state index contributed by atoms with van der Waals surface area (Å²) in [6.07, 6.45) is 1.12. The van der Waals surface area contributed by atoms with Gasteiger partial charge in [-0.15, -0.1) is 0 Å². The molecule has 1 saturated heterocycles. The Balaban J connectivity index is 2.27. The summed E-state index contributed by atoms with van der Waals surface area (Å²) in [5.41, 5.74) is -0.0176. The maximum atomic E-state index is 13.9. The van der Waals surface area contributed by atoms with Crippen molar-refractivity contribution in [2.45, 2.75) is 25.8 Å². The van der Waals surface area contributed by atoms with Gasteiger partial charge in [-0.2, -0.15) is 0 Å². The molecule has 1 unspecified atom stereocenters. The molecule has 0 aromatic heterocycles. The third kappa shape index (κ3) is 3.83. The molecule has 1 heterocycles. The summed E-state index contributed by atoms with van der Waals surface area (Å²) < 4.78 is 37.7. The lowest BCUT2D eigenvalue weighted by Crippen LogP contribution is -2.42. The van der Waals surface area contributed by atoms with Crippen molar-refractivity contribution >= 4 is 31.7 Å². The van der Waals surface area contributed by atoms with E-state index in [2.05, 4.69) is 15.9 Å². The summed E-state index contributed by atoms with van der Waals surface area (Å²) in [4.78, 5) is 14.0. The Kier molecular flexibility index (Phi) is 5.03. The summed E-state index contributed by atoms with van der Waals surface area (Å²) in [7, 11) is -3.09. The Labute approximate surface area is 132 Å². The third-order valence-corrected chi connectivity index (χ3v) is 5.78. The van der Waals surface area contributed by atoms with Gasteiger partial charge in [-0.3, -0.25) is 4.79 Å². The third-order valence-electron chi connectivity index (χ3n) is 3.54. The molecule has 0 radical (unpaired) electrons. The van der Waals surface area contributed by atoms with E-state index in [1.807, 2.05) is 6.92 Å². The predicted molar refractivity (Wildman–Crippen MR) is 82.5 cm³/mol. The molecule has 0 saturated carbocycles. The Bertz CT molecular complexity index is 648. The van der Waals surface area contributed by atoms with Crippen molar-refractivity contribution in [1.29, 1.82) is 0 Å². The van der Waals surface area contributed by atoms with Gasteiger partial charge in [0, 0.05) is 17.1 Å². The Morgan fingerprint density at radius 1 is 1.48 bits per heavy atom. The molecule has 4 nitrogen and oxygen atoms in total. The van der Waals surface area contributed by atoms with Crippen LogP contribution in [0, 0.1) is 5.82 Å². The highest BCUT2D eigenvalue weighted by Gasteiger charge is 2.35. The highest BCUT2D eigenvalue weighted by atomic mass is 79.9. The summed E-state index contributed by atoms with van der Waals surface area (Å²) >= 11 is 3.15. The quantitative estimate of drug-likeness (QED) is 0.810. The van der Waals surface area contributed by atoms with Gasteiger partial charge in [0.2, 0.25) is 0 Å². The summed E-state index contributed by atoms with van der Waals surface area (Å²) in [6, 6.07) is 3.91. The van der Waals surface area contributed by atoms with Crippen molar-refractivity contribution in [1.82, 2.24) is 4.90 Å². The molecule has 0 spiro atoms. The second kappa shape index (κ2) is 6.44. The van der Waals surface area contributed by atoms with Gasteiger partial charge in [0.1, 0.15) is 5.82 Å². The molecule has 21 heavy (non-hydrogen) atoms. The van der Waals surface area contributed by atoms with Crippen LogP contribution >= 0.6 is 15.9 Å². The first-order valence-electron chi connectivity index (χ1n) is 6.80. The first-order chi connectivity index (χ1) is 9.84. The van der Waals surface area contributed by atoms with Crippen LogP contribution in [-0.4, -0.2) is 43.3 Å². The van der Waals surface area contributed by atoms with Crippen LogP contribution in [-0.2, 0) is 9.84 Å². The molecule has 2 rings (SSSR count). The zero-order valence-electron chi connectivity index (χ0n) is 11.7. The monoisotopic (exact) mass is 377 g/mol. The van der Waals surface area contributed by atoms with Crippen LogP contribution < -0.4 is 0 Å². The van der Waals surface area contributed by atoms with Gasteiger partial charge in [-0.05, 0) is 31.0 Å². The van der Waals surface area contributed by atoms with Gasteiger partial charge in [0.15, 0.2) is 9.84 Å². The molecule has 0 N–H and O–H groups in total. The van der Waals surface area contributed by atoms with E-state index in [4.69, 9.17) is 0 Å². The van der Waals surface area contributed by atoms with Crippen molar-refractivity contribution in [3.05, 3.63) is 34.1 Å². The Morgan fingerprint density at radius 2 is 2.19 bits per heavy atom. The average molecular weight is 378 g/mol. The minimum absolute atomic E-state index is 0.0176. The Hall–Kier alpha value is -0.950. The lowest BCUT2D eigenvalue weighted by atomic mass is 10.1. The molecule has 1 aromatic rings. The number of rotatable bonds is 4. The fraction of sp³-hybridized carbons (Fsp3) is 0.500. The molecule has 1 aliphatic rings. The lowest BCUT2D eigenvalue weighted by Gasteiger charge is -2.28. The maximum Gasteiger partial charge on any atom is 0.257 e. The normalized spacial score (nSPS) is 20.4. The van der Waals surface area contributed by atoms with E-state index in [0.717, 1.165) is 0 Å². The van der Waals surface area contributed by atoms with Gasteiger partial charge in [0.25, 0.3) is 5.91 Å². The standard InChI is InChI=1S/C14H17BrFNO3S/c1-2-6-17(11-5-7-21(19,20)9-11)14(18)12-4-3-10(15)8-13(12)16/h3-4,8,11H,2,5-7,9H2,1H3. The fourth-order valence-electron chi connectivity index (χ4n) is 2.53. The minimum Gasteiger partial charge on any atom is -0.335 e. The molecular weight excluding hydrogens is 361 g/mol. The van der Waals surface area contributed by atoms with Crippen LogP contribution in [0.2, 0.25) is 0 Å². The molecule has 1 atom stereocenters. The van der Waals surface area contributed by atoms with Gasteiger partial charge < -0.3 is 4.90 Å². The van der Waals surface area contributed by atoms with Crippen molar-refractivity contribution in [2.24, 2.45) is 0 Å². The van der Waals surface area contributed by atoms with Gasteiger partial charge >= 0.3 is 0 Å². The van der Waals surface area contributed by atoms with Gasteiger partial charge in [0.05, 0.1) is 17.1 Å². The van der Waals surface area contributed by atoms with E-state index in [1.165, 1.54) is 17.0 Å². The lowest BCUT2D eigenvalue weighted by molar-refractivity contribution is 0.0692. The van der Waals surface area contributed by atoms with Crippen molar-refractivity contribution in [2.75, 3.05) is 18.1 Å². The second-order valence-corrected chi connectivity index (χ2v) is 8.32. The first kappa shape index (κ1) is 16.4. The fourth-order valence-corrected chi connectivity index (χ4v) is 4.59. The molecule has 116 valence electrons. The summed E-state index contributed by atoms with van der Waals surface area (Å²) in [6.45, 7) is 2.33. The largest absolute Gasteiger partial charge is 0.335 e. The van der Waals surface area contributed by atoms with E-state index in [0.29, 0.717) is 23.9 Å².